The lowest BCUT2D eigenvalue weighted by Crippen LogP contribution is -2.49. The van der Waals surface area contributed by atoms with Crippen molar-refractivity contribution in [2.45, 2.75) is 24.8 Å². The molecule has 1 unspecified atom stereocenters. The Morgan fingerprint density at radius 2 is 2.35 bits per heavy atom. The molecule has 17 heavy (non-hydrogen) atoms. The van der Waals surface area contributed by atoms with E-state index in [1.807, 2.05) is 0 Å². The molecule has 0 saturated carbocycles. The Morgan fingerprint density at radius 3 is 2.88 bits per heavy atom. The predicted octanol–water partition coefficient (Wildman–Crippen LogP) is 2.23. The molecular formula is C12H13ClFNO2. The predicted molar refractivity (Wildman–Crippen MR) is 62.7 cm³/mol. The summed E-state index contributed by atoms with van der Waals surface area (Å²) in [6.45, 7) is 0.683. The highest BCUT2D eigenvalue weighted by Gasteiger charge is 2.41. The van der Waals surface area contributed by atoms with E-state index in [9.17, 15) is 14.3 Å². The van der Waals surface area contributed by atoms with Gasteiger partial charge in [-0.25, -0.2) is 4.39 Å². The number of rotatable bonds is 3. The van der Waals surface area contributed by atoms with Gasteiger partial charge in [-0.1, -0.05) is 17.7 Å². The molecule has 0 amide bonds. The number of aliphatic carboxylic acids is 1. The number of hydrogen-bond acceptors (Lipinski definition) is 2. The summed E-state index contributed by atoms with van der Waals surface area (Å²) in [7, 11) is 0. The van der Waals surface area contributed by atoms with Crippen molar-refractivity contribution in [2.24, 2.45) is 0 Å². The summed E-state index contributed by atoms with van der Waals surface area (Å²) >= 11 is 5.59. The molecule has 92 valence electrons. The van der Waals surface area contributed by atoms with E-state index in [-0.39, 0.29) is 11.4 Å². The van der Waals surface area contributed by atoms with Gasteiger partial charge in [0.1, 0.15) is 11.4 Å². The number of nitrogens with one attached hydrogen (secondary N) is 1. The van der Waals surface area contributed by atoms with Crippen molar-refractivity contribution in [2.75, 3.05) is 6.54 Å². The molecule has 2 rings (SSSR count). The quantitative estimate of drug-likeness (QED) is 0.873. The number of carboxylic acid groups (broad SMARTS) is 1. The second-order valence-corrected chi connectivity index (χ2v) is 4.75. The van der Waals surface area contributed by atoms with Crippen molar-refractivity contribution < 1.29 is 14.3 Å². The van der Waals surface area contributed by atoms with E-state index >= 15 is 0 Å². The minimum absolute atomic E-state index is 0.0532. The average molecular weight is 258 g/mol. The second kappa shape index (κ2) is 4.63. The zero-order valence-corrected chi connectivity index (χ0v) is 9.93. The van der Waals surface area contributed by atoms with Crippen LogP contribution in [0.3, 0.4) is 0 Å². The molecule has 0 aliphatic carbocycles. The fourth-order valence-corrected chi connectivity index (χ4v) is 2.33. The zero-order valence-electron chi connectivity index (χ0n) is 9.17. The highest BCUT2D eigenvalue weighted by Crippen LogP contribution is 2.26. The summed E-state index contributed by atoms with van der Waals surface area (Å²) in [5.41, 5.74) is -0.316. The Bertz CT molecular complexity index is 444. The highest BCUT2D eigenvalue weighted by atomic mass is 35.5. The molecule has 2 N–H and O–H groups in total. The molecule has 1 aromatic rings. The molecule has 1 aliphatic rings. The molecular weight excluding hydrogens is 245 g/mol. The van der Waals surface area contributed by atoms with E-state index in [0.29, 0.717) is 18.5 Å². The Morgan fingerprint density at radius 1 is 1.59 bits per heavy atom. The molecule has 3 nitrogen and oxygen atoms in total. The van der Waals surface area contributed by atoms with E-state index < -0.39 is 17.3 Å². The third-order valence-corrected chi connectivity index (χ3v) is 3.45. The first-order valence-electron chi connectivity index (χ1n) is 5.46. The molecule has 1 saturated heterocycles. The molecule has 1 fully saturated rings. The van der Waals surface area contributed by atoms with Crippen LogP contribution in [0.15, 0.2) is 18.2 Å². The molecule has 0 bridgehead atoms. The van der Waals surface area contributed by atoms with Gasteiger partial charge in [0.15, 0.2) is 0 Å². The highest BCUT2D eigenvalue weighted by molar-refractivity contribution is 6.30. The summed E-state index contributed by atoms with van der Waals surface area (Å²) in [4.78, 5) is 11.3. The summed E-state index contributed by atoms with van der Waals surface area (Å²) in [6, 6.07) is 4.42. The fraction of sp³-hybridized carbons (Fsp3) is 0.417. The second-order valence-electron chi connectivity index (χ2n) is 4.34. The molecule has 1 heterocycles. The lowest BCUT2D eigenvalue weighted by molar-refractivity contribution is -0.144. The van der Waals surface area contributed by atoms with Gasteiger partial charge in [0.2, 0.25) is 0 Å². The fourth-order valence-electron chi connectivity index (χ4n) is 2.21. The Balaban J connectivity index is 2.23. The lowest BCUT2D eigenvalue weighted by Gasteiger charge is -2.24. The van der Waals surface area contributed by atoms with Gasteiger partial charge in [0.05, 0.1) is 5.02 Å². The Labute approximate surface area is 104 Å². The van der Waals surface area contributed by atoms with Crippen LogP contribution in [0.2, 0.25) is 5.02 Å². The largest absolute Gasteiger partial charge is 0.480 e. The number of carboxylic acids is 1. The molecule has 0 radical (unpaired) electrons. The summed E-state index contributed by atoms with van der Waals surface area (Å²) in [5.74, 6) is -1.40. The van der Waals surface area contributed by atoms with Crippen LogP contribution >= 0.6 is 11.6 Å². The number of hydrogen-bond donors (Lipinski definition) is 2. The van der Waals surface area contributed by atoms with E-state index in [1.165, 1.54) is 12.1 Å². The summed E-state index contributed by atoms with van der Waals surface area (Å²) < 4.78 is 13.3. The van der Waals surface area contributed by atoms with Crippen LogP contribution in [0.25, 0.3) is 0 Å². The molecule has 0 aromatic heterocycles. The number of benzene rings is 1. The van der Waals surface area contributed by atoms with Gasteiger partial charge in [-0.15, -0.1) is 0 Å². The van der Waals surface area contributed by atoms with Crippen LogP contribution in [0.5, 0.6) is 0 Å². The standard InChI is InChI=1S/C12H13ClFNO2/c13-9-3-2-8(6-10(9)14)7-12(11(16)17)4-1-5-15-12/h2-3,6,15H,1,4-5,7H2,(H,16,17). The van der Waals surface area contributed by atoms with Crippen molar-refractivity contribution >= 4 is 17.6 Å². The van der Waals surface area contributed by atoms with Crippen molar-refractivity contribution in [1.82, 2.24) is 5.32 Å². The first-order chi connectivity index (χ1) is 8.03. The minimum Gasteiger partial charge on any atom is -0.480 e. The lowest BCUT2D eigenvalue weighted by atomic mass is 9.89. The first kappa shape index (κ1) is 12.3. The van der Waals surface area contributed by atoms with Crippen LogP contribution in [0, 0.1) is 5.82 Å². The Kier molecular flexibility index (Phi) is 3.35. The van der Waals surface area contributed by atoms with E-state index in [0.717, 1.165) is 6.42 Å². The van der Waals surface area contributed by atoms with Crippen LogP contribution in [-0.4, -0.2) is 23.2 Å². The van der Waals surface area contributed by atoms with Crippen molar-refractivity contribution in [1.29, 1.82) is 0 Å². The van der Waals surface area contributed by atoms with Gasteiger partial charge in [0, 0.05) is 6.42 Å². The molecule has 1 aromatic carbocycles. The maximum Gasteiger partial charge on any atom is 0.324 e. The number of halogens is 2. The topological polar surface area (TPSA) is 49.3 Å². The van der Waals surface area contributed by atoms with Gasteiger partial charge in [-0.05, 0) is 37.1 Å². The monoisotopic (exact) mass is 257 g/mol. The van der Waals surface area contributed by atoms with Crippen LogP contribution in [0.1, 0.15) is 18.4 Å². The van der Waals surface area contributed by atoms with Gasteiger partial charge in [0.25, 0.3) is 0 Å². The van der Waals surface area contributed by atoms with Gasteiger partial charge < -0.3 is 10.4 Å². The Hall–Kier alpha value is -1.13. The SMILES string of the molecule is O=C(O)C1(Cc2ccc(Cl)c(F)c2)CCCN1. The first-order valence-corrected chi connectivity index (χ1v) is 5.84. The van der Waals surface area contributed by atoms with Crippen LogP contribution < -0.4 is 5.32 Å². The summed E-state index contributed by atoms with van der Waals surface area (Å²) in [6.07, 6.45) is 1.66. The third-order valence-electron chi connectivity index (χ3n) is 3.14. The molecule has 1 atom stereocenters. The molecule has 0 spiro atoms. The molecule has 1 aliphatic heterocycles. The van der Waals surface area contributed by atoms with E-state index in [2.05, 4.69) is 5.32 Å². The maximum atomic E-state index is 13.3. The minimum atomic E-state index is -0.958. The third kappa shape index (κ3) is 2.42. The van der Waals surface area contributed by atoms with E-state index in [1.54, 1.807) is 6.07 Å². The normalized spacial score (nSPS) is 23.9. The van der Waals surface area contributed by atoms with Crippen LogP contribution in [0.4, 0.5) is 4.39 Å². The summed E-state index contributed by atoms with van der Waals surface area (Å²) in [5, 5.41) is 12.3. The smallest absolute Gasteiger partial charge is 0.324 e. The number of carbonyl (C=O) groups is 1. The van der Waals surface area contributed by atoms with Gasteiger partial charge in [-0.2, -0.15) is 0 Å². The molecule has 5 heteroatoms. The maximum absolute atomic E-state index is 13.3. The van der Waals surface area contributed by atoms with E-state index in [4.69, 9.17) is 11.6 Å². The van der Waals surface area contributed by atoms with Crippen molar-refractivity contribution in [3.8, 4) is 0 Å². The van der Waals surface area contributed by atoms with Crippen molar-refractivity contribution in [3.05, 3.63) is 34.6 Å². The average Bonchev–Trinajstić information content (AvgIpc) is 2.73. The van der Waals surface area contributed by atoms with Gasteiger partial charge >= 0.3 is 5.97 Å². The van der Waals surface area contributed by atoms with Crippen molar-refractivity contribution in [3.63, 3.8) is 0 Å². The van der Waals surface area contributed by atoms with Gasteiger partial charge in [-0.3, -0.25) is 4.79 Å². The van der Waals surface area contributed by atoms with Crippen LogP contribution in [-0.2, 0) is 11.2 Å². The zero-order chi connectivity index (χ0) is 12.5.